The van der Waals surface area contributed by atoms with E-state index in [0.717, 1.165) is 29.7 Å². The fourth-order valence-electron chi connectivity index (χ4n) is 4.12. The lowest BCUT2D eigenvalue weighted by Crippen LogP contribution is -2.32. The number of amides is 1. The molecule has 3 heterocycles. The second-order valence-electron chi connectivity index (χ2n) is 8.29. The summed E-state index contributed by atoms with van der Waals surface area (Å²) in [7, 11) is 0. The lowest BCUT2D eigenvalue weighted by molar-refractivity contribution is -0.192. The van der Waals surface area contributed by atoms with E-state index < -0.39 is 18.1 Å². The zero-order valence-corrected chi connectivity index (χ0v) is 18.4. The first-order chi connectivity index (χ1) is 17.1. The zero-order valence-electron chi connectivity index (χ0n) is 18.4. The fraction of sp³-hybridized carbons (Fsp3) is 0.318. The van der Waals surface area contributed by atoms with Gasteiger partial charge >= 0.3 is 12.1 Å². The number of alkyl halides is 3. The summed E-state index contributed by atoms with van der Waals surface area (Å²) in [6.07, 6.45) is -2.27. The Morgan fingerprint density at radius 2 is 1.72 bits per heavy atom. The van der Waals surface area contributed by atoms with Crippen molar-refractivity contribution in [2.45, 2.75) is 18.8 Å². The molecule has 2 fully saturated rings. The molecule has 190 valence electrons. The van der Waals surface area contributed by atoms with Crippen LogP contribution in [0.25, 0.3) is 10.9 Å². The molecule has 1 amide bonds. The number of rotatable bonds is 5. The van der Waals surface area contributed by atoms with Gasteiger partial charge < -0.3 is 15.3 Å². The van der Waals surface area contributed by atoms with Crippen LogP contribution < -0.4 is 15.7 Å². The largest absolute Gasteiger partial charge is 0.490 e. The molecule has 1 aliphatic carbocycles. The van der Waals surface area contributed by atoms with Gasteiger partial charge in [0.1, 0.15) is 5.82 Å². The van der Waals surface area contributed by atoms with Crippen LogP contribution in [0.2, 0.25) is 0 Å². The van der Waals surface area contributed by atoms with Gasteiger partial charge in [0.15, 0.2) is 0 Å². The molecule has 1 aliphatic heterocycles. The number of hydrogen-bond donors (Lipinski definition) is 4. The van der Waals surface area contributed by atoms with E-state index in [2.05, 4.69) is 25.2 Å². The molecule has 5 rings (SSSR count). The molecule has 1 saturated carbocycles. The van der Waals surface area contributed by atoms with Crippen LogP contribution in [0.15, 0.2) is 42.7 Å². The van der Waals surface area contributed by atoms with Gasteiger partial charge in [-0.15, -0.1) is 0 Å². The first kappa shape index (κ1) is 25.2. The summed E-state index contributed by atoms with van der Waals surface area (Å²) in [4.78, 5) is 35.4. The number of fused-ring (bicyclic) bond motifs is 2. The molecule has 2 aliphatic rings. The number of aliphatic carboxylic acids is 1. The number of pyridine rings is 1. The summed E-state index contributed by atoms with van der Waals surface area (Å²) in [5.41, 5.74) is 3.51. The maximum atomic E-state index is 13.3. The highest BCUT2D eigenvalue weighted by Gasteiger charge is 2.55. The van der Waals surface area contributed by atoms with E-state index in [0.29, 0.717) is 30.4 Å². The maximum absolute atomic E-state index is 13.3. The molecule has 2 aromatic heterocycles. The molecular weight excluding hydrogens is 488 g/mol. The molecule has 0 bridgehead atoms. The third kappa shape index (κ3) is 5.66. The van der Waals surface area contributed by atoms with Gasteiger partial charge in [-0.3, -0.25) is 15.0 Å². The number of nitrogens with zero attached hydrogens (tertiary/aromatic N) is 4. The van der Waals surface area contributed by atoms with Gasteiger partial charge in [0.25, 0.3) is 5.91 Å². The molecule has 3 aromatic rings. The van der Waals surface area contributed by atoms with E-state index in [4.69, 9.17) is 15.1 Å². The van der Waals surface area contributed by atoms with E-state index in [-0.39, 0.29) is 11.4 Å². The number of hydroxylamine groups is 1. The second-order valence-corrected chi connectivity index (χ2v) is 8.29. The lowest BCUT2D eigenvalue weighted by atomic mass is 10.2. The molecular formula is C22H20F4N6O4. The van der Waals surface area contributed by atoms with Crippen molar-refractivity contribution in [3.05, 3.63) is 59.8 Å². The van der Waals surface area contributed by atoms with Gasteiger partial charge in [0.05, 0.1) is 16.8 Å². The average Bonchev–Trinajstić information content (AvgIpc) is 3.30. The number of carbonyl (C=O) groups excluding carboxylic acids is 1. The van der Waals surface area contributed by atoms with Crippen LogP contribution in [-0.4, -0.2) is 62.4 Å². The number of benzene rings is 1. The van der Waals surface area contributed by atoms with Gasteiger partial charge in [-0.25, -0.2) is 24.6 Å². The summed E-state index contributed by atoms with van der Waals surface area (Å²) in [5, 5.41) is 20.1. The standard InChI is InChI=1S/C20H19FN6O2.C2HF3O2/c21-13-2-4-17-11(5-13)1-3-14(25-17)8-22-18-15-9-27(10-16(15)18)20-23-6-12(7-24-20)19(28)26-29;3-2(4,5)1(6)7/h1-7,15-16,18,22,29H,8-10H2,(H,26,28);(H,6,7). The van der Waals surface area contributed by atoms with Crippen LogP contribution in [-0.2, 0) is 11.3 Å². The summed E-state index contributed by atoms with van der Waals surface area (Å²) in [6.45, 7) is 2.39. The summed E-state index contributed by atoms with van der Waals surface area (Å²) in [5.74, 6) is -1.98. The molecule has 0 radical (unpaired) electrons. The van der Waals surface area contributed by atoms with E-state index in [1.807, 2.05) is 12.1 Å². The predicted molar refractivity (Wildman–Crippen MR) is 116 cm³/mol. The van der Waals surface area contributed by atoms with Crippen molar-refractivity contribution in [2.24, 2.45) is 11.8 Å². The minimum Gasteiger partial charge on any atom is -0.475 e. The average molecular weight is 508 g/mol. The van der Waals surface area contributed by atoms with Gasteiger partial charge in [-0.1, -0.05) is 6.07 Å². The van der Waals surface area contributed by atoms with Crippen molar-refractivity contribution in [1.29, 1.82) is 0 Å². The Balaban J connectivity index is 0.000000384. The third-order valence-corrected chi connectivity index (χ3v) is 5.95. The minimum absolute atomic E-state index is 0.214. The van der Waals surface area contributed by atoms with E-state index in [1.54, 1.807) is 11.5 Å². The maximum Gasteiger partial charge on any atom is 0.490 e. The smallest absolute Gasteiger partial charge is 0.475 e. The number of anilines is 1. The summed E-state index contributed by atoms with van der Waals surface area (Å²) < 4.78 is 45.0. The van der Waals surface area contributed by atoms with Crippen LogP contribution in [0.4, 0.5) is 23.5 Å². The SMILES string of the molecule is O=C(NO)c1cnc(N2CC3C(C2)C3NCc2ccc3cc(F)ccc3n2)nc1.O=C(O)C(F)(F)F. The molecule has 4 N–H and O–H groups in total. The molecule has 1 saturated heterocycles. The number of carboxylic acid groups (broad SMARTS) is 1. The zero-order chi connectivity index (χ0) is 26.0. The molecule has 36 heavy (non-hydrogen) atoms. The van der Waals surface area contributed by atoms with Crippen molar-refractivity contribution in [2.75, 3.05) is 18.0 Å². The molecule has 0 spiro atoms. The van der Waals surface area contributed by atoms with Crippen molar-refractivity contribution >= 4 is 28.7 Å². The first-order valence-corrected chi connectivity index (χ1v) is 10.7. The van der Waals surface area contributed by atoms with Crippen molar-refractivity contribution < 1.29 is 37.5 Å². The normalized spacial score (nSPS) is 20.4. The Bertz CT molecular complexity index is 1260. The Morgan fingerprint density at radius 1 is 1.08 bits per heavy atom. The van der Waals surface area contributed by atoms with Crippen LogP contribution in [0.5, 0.6) is 0 Å². The summed E-state index contributed by atoms with van der Waals surface area (Å²) >= 11 is 0. The fourth-order valence-corrected chi connectivity index (χ4v) is 4.12. The third-order valence-electron chi connectivity index (χ3n) is 5.95. The number of hydrogen-bond acceptors (Lipinski definition) is 8. The van der Waals surface area contributed by atoms with E-state index in [9.17, 15) is 22.4 Å². The van der Waals surface area contributed by atoms with Gasteiger partial charge in [-0.2, -0.15) is 13.2 Å². The van der Waals surface area contributed by atoms with Crippen LogP contribution in [0, 0.1) is 17.7 Å². The number of carboxylic acids is 1. The van der Waals surface area contributed by atoms with E-state index >= 15 is 0 Å². The monoisotopic (exact) mass is 508 g/mol. The minimum atomic E-state index is -5.08. The Labute approximate surface area is 200 Å². The van der Waals surface area contributed by atoms with Crippen molar-refractivity contribution in [3.63, 3.8) is 0 Å². The van der Waals surface area contributed by atoms with Crippen LogP contribution in [0.1, 0.15) is 16.1 Å². The molecule has 10 nitrogen and oxygen atoms in total. The van der Waals surface area contributed by atoms with Crippen LogP contribution >= 0.6 is 0 Å². The molecule has 2 unspecified atom stereocenters. The second kappa shape index (κ2) is 9.99. The van der Waals surface area contributed by atoms with Gasteiger partial charge in [0, 0.05) is 43.5 Å². The Hall–Kier alpha value is -3.91. The number of aromatic nitrogens is 3. The lowest BCUT2D eigenvalue weighted by Gasteiger charge is -2.20. The number of halogens is 4. The Kier molecular flexibility index (Phi) is 6.99. The molecule has 2 atom stereocenters. The number of carbonyl (C=O) groups is 2. The van der Waals surface area contributed by atoms with Gasteiger partial charge in [0.2, 0.25) is 5.95 Å². The predicted octanol–water partition coefficient (Wildman–Crippen LogP) is 2.14. The van der Waals surface area contributed by atoms with Crippen molar-refractivity contribution in [3.8, 4) is 0 Å². The molecule has 14 heteroatoms. The number of piperidine rings is 1. The van der Waals surface area contributed by atoms with Gasteiger partial charge in [-0.05, 0) is 36.1 Å². The highest BCUT2D eigenvalue weighted by Crippen LogP contribution is 2.46. The topological polar surface area (TPSA) is 141 Å². The number of nitrogens with one attached hydrogen (secondary N) is 2. The highest BCUT2D eigenvalue weighted by molar-refractivity contribution is 5.92. The first-order valence-electron chi connectivity index (χ1n) is 10.7. The summed E-state index contributed by atoms with van der Waals surface area (Å²) in [6, 6.07) is 8.89. The highest BCUT2D eigenvalue weighted by atomic mass is 19.4. The van der Waals surface area contributed by atoms with Crippen LogP contribution in [0.3, 0.4) is 0 Å². The molecule has 1 aromatic carbocycles. The Morgan fingerprint density at radius 3 is 2.31 bits per heavy atom. The quantitative estimate of drug-likeness (QED) is 0.232. The van der Waals surface area contributed by atoms with Crippen molar-refractivity contribution in [1.82, 2.24) is 25.7 Å². The van der Waals surface area contributed by atoms with E-state index in [1.165, 1.54) is 24.5 Å².